The number of carbonyl (C=O) groups excluding carboxylic acids is 1. The first-order chi connectivity index (χ1) is 8.02. The molecule has 0 aliphatic heterocycles. The Labute approximate surface area is 114 Å². The lowest BCUT2D eigenvalue weighted by Gasteiger charge is -2.02. The number of nitrogens with zero attached hydrogens (tertiary/aromatic N) is 1. The molecule has 0 saturated carbocycles. The topological polar surface area (TPSA) is 48.3 Å². The van der Waals surface area contributed by atoms with Crippen LogP contribution < -0.4 is 4.87 Å². The molecule has 90 valence electrons. The fraction of sp³-hybridized carbons (Fsp3) is 0.200. The van der Waals surface area contributed by atoms with Crippen LogP contribution >= 0.6 is 38.9 Å². The van der Waals surface area contributed by atoms with E-state index in [1.165, 1.54) is 11.7 Å². The first-order valence-corrected chi connectivity index (χ1v) is 6.57. The van der Waals surface area contributed by atoms with Crippen LogP contribution in [0.2, 0.25) is 5.02 Å². The van der Waals surface area contributed by atoms with Gasteiger partial charge in [0, 0.05) is 4.47 Å². The second-order valence-electron chi connectivity index (χ2n) is 3.26. The third kappa shape index (κ3) is 2.38. The van der Waals surface area contributed by atoms with E-state index in [-0.39, 0.29) is 11.4 Å². The van der Waals surface area contributed by atoms with E-state index < -0.39 is 5.97 Å². The van der Waals surface area contributed by atoms with Gasteiger partial charge in [0.2, 0.25) is 0 Å². The maximum Gasteiger partial charge on any atom is 0.325 e. The molecule has 1 aromatic carbocycles. The van der Waals surface area contributed by atoms with E-state index in [4.69, 9.17) is 11.6 Å². The molecule has 1 heterocycles. The average molecular weight is 337 g/mol. The van der Waals surface area contributed by atoms with Gasteiger partial charge in [-0.15, -0.1) is 0 Å². The highest BCUT2D eigenvalue weighted by Crippen LogP contribution is 2.29. The van der Waals surface area contributed by atoms with Gasteiger partial charge in [0.05, 0.1) is 22.3 Å². The van der Waals surface area contributed by atoms with Gasteiger partial charge in [0.1, 0.15) is 6.54 Å². The maximum absolute atomic E-state index is 11.7. The van der Waals surface area contributed by atoms with Crippen molar-refractivity contribution < 1.29 is 9.53 Å². The average Bonchev–Trinajstić information content (AvgIpc) is 2.56. The van der Waals surface area contributed by atoms with Crippen molar-refractivity contribution in [3.8, 4) is 0 Å². The lowest BCUT2D eigenvalue weighted by atomic mass is 10.3. The zero-order chi connectivity index (χ0) is 12.6. The van der Waals surface area contributed by atoms with Crippen molar-refractivity contribution in [3.05, 3.63) is 31.3 Å². The predicted octanol–water partition coefficient (Wildman–Crippen LogP) is 2.65. The molecule has 1 aromatic heterocycles. The molecule has 0 fully saturated rings. The second-order valence-corrected chi connectivity index (χ2v) is 5.52. The van der Waals surface area contributed by atoms with Gasteiger partial charge in [-0.1, -0.05) is 22.9 Å². The van der Waals surface area contributed by atoms with Crippen molar-refractivity contribution in [2.75, 3.05) is 7.11 Å². The number of hydrogen-bond donors (Lipinski definition) is 0. The van der Waals surface area contributed by atoms with Crippen molar-refractivity contribution in [2.45, 2.75) is 6.54 Å². The second kappa shape index (κ2) is 4.80. The van der Waals surface area contributed by atoms with Crippen LogP contribution in [0.3, 0.4) is 0 Å². The van der Waals surface area contributed by atoms with Crippen LogP contribution in [0.1, 0.15) is 0 Å². The summed E-state index contributed by atoms with van der Waals surface area (Å²) in [7, 11) is 1.28. The fourth-order valence-corrected chi connectivity index (χ4v) is 2.97. The first-order valence-electron chi connectivity index (χ1n) is 4.58. The maximum atomic E-state index is 11.7. The van der Waals surface area contributed by atoms with E-state index >= 15 is 0 Å². The Morgan fingerprint density at radius 1 is 1.59 bits per heavy atom. The van der Waals surface area contributed by atoms with E-state index in [1.807, 2.05) is 0 Å². The number of rotatable bonds is 2. The number of thiazole rings is 1. The lowest BCUT2D eigenvalue weighted by Crippen LogP contribution is -2.19. The summed E-state index contributed by atoms with van der Waals surface area (Å²) in [4.78, 5) is 22.7. The molecule has 0 bridgehead atoms. The molecule has 2 aromatic rings. The Morgan fingerprint density at radius 3 is 2.94 bits per heavy atom. The summed E-state index contributed by atoms with van der Waals surface area (Å²) < 4.78 is 7.39. The Balaban J connectivity index is 2.62. The summed E-state index contributed by atoms with van der Waals surface area (Å²) in [6, 6.07) is 3.42. The summed E-state index contributed by atoms with van der Waals surface area (Å²) >= 11 is 10.3. The van der Waals surface area contributed by atoms with Crippen LogP contribution in [0.5, 0.6) is 0 Å². The summed E-state index contributed by atoms with van der Waals surface area (Å²) in [6.07, 6.45) is 0. The van der Waals surface area contributed by atoms with Crippen LogP contribution in [-0.2, 0) is 16.1 Å². The molecule has 0 aliphatic rings. The predicted molar refractivity (Wildman–Crippen MR) is 70.8 cm³/mol. The highest BCUT2D eigenvalue weighted by atomic mass is 79.9. The summed E-state index contributed by atoms with van der Waals surface area (Å²) in [5, 5.41) is 0.494. The molecule has 0 radical (unpaired) electrons. The molecule has 0 aliphatic carbocycles. The van der Waals surface area contributed by atoms with Gasteiger partial charge in [-0.2, -0.15) is 0 Å². The van der Waals surface area contributed by atoms with Crippen LogP contribution in [0.15, 0.2) is 21.4 Å². The Hall–Kier alpha value is -0.850. The molecule has 4 nitrogen and oxygen atoms in total. The zero-order valence-electron chi connectivity index (χ0n) is 8.70. The molecule has 0 unspecified atom stereocenters. The number of aromatic nitrogens is 1. The Kier molecular flexibility index (Phi) is 3.56. The van der Waals surface area contributed by atoms with Crippen molar-refractivity contribution in [3.63, 3.8) is 0 Å². The van der Waals surface area contributed by atoms with Gasteiger partial charge in [-0.05, 0) is 28.1 Å². The fourth-order valence-electron chi connectivity index (χ4n) is 1.40. The lowest BCUT2D eigenvalue weighted by molar-refractivity contribution is -0.141. The van der Waals surface area contributed by atoms with Crippen molar-refractivity contribution in [2.24, 2.45) is 0 Å². The van der Waals surface area contributed by atoms with Crippen molar-refractivity contribution in [1.29, 1.82) is 0 Å². The third-order valence-corrected chi connectivity index (χ3v) is 4.36. The first kappa shape index (κ1) is 12.6. The molecule has 0 spiro atoms. The molecule has 0 amide bonds. The molecular formula is C10H7BrClNO3S. The zero-order valence-corrected chi connectivity index (χ0v) is 11.9. The van der Waals surface area contributed by atoms with Crippen molar-refractivity contribution >= 4 is 55.1 Å². The summed E-state index contributed by atoms with van der Waals surface area (Å²) in [6.45, 7) is -0.104. The van der Waals surface area contributed by atoms with Crippen molar-refractivity contribution in [1.82, 2.24) is 4.57 Å². The quantitative estimate of drug-likeness (QED) is 0.792. The number of carbonyl (C=O) groups is 1. The highest BCUT2D eigenvalue weighted by molar-refractivity contribution is 9.10. The minimum absolute atomic E-state index is 0.104. The SMILES string of the molecule is COC(=O)Cn1c(=O)sc2cc(Br)c(Cl)cc21. The van der Waals surface area contributed by atoms with Gasteiger partial charge in [0.25, 0.3) is 0 Å². The largest absolute Gasteiger partial charge is 0.468 e. The number of esters is 1. The van der Waals surface area contributed by atoms with Gasteiger partial charge >= 0.3 is 10.8 Å². The number of hydrogen-bond acceptors (Lipinski definition) is 4. The number of ether oxygens (including phenoxy) is 1. The summed E-state index contributed by atoms with van der Waals surface area (Å²) in [5.74, 6) is -0.467. The van der Waals surface area contributed by atoms with Gasteiger partial charge in [-0.3, -0.25) is 14.2 Å². The Bertz CT molecular complexity index is 649. The summed E-state index contributed by atoms with van der Waals surface area (Å²) in [5.41, 5.74) is 0.638. The Morgan fingerprint density at radius 2 is 2.29 bits per heavy atom. The standard InChI is InChI=1S/C10H7BrClNO3S/c1-16-9(14)4-13-7-3-6(12)5(11)2-8(7)17-10(13)15/h2-3H,4H2,1H3. The third-order valence-electron chi connectivity index (χ3n) is 2.23. The number of methoxy groups -OCH3 is 1. The number of fused-ring (bicyclic) bond motifs is 1. The number of halogens is 2. The van der Waals surface area contributed by atoms with E-state index in [0.717, 1.165) is 20.5 Å². The van der Waals surface area contributed by atoms with Crippen LogP contribution in [0, 0.1) is 0 Å². The van der Waals surface area contributed by atoms with Gasteiger partial charge in [0.15, 0.2) is 0 Å². The van der Waals surface area contributed by atoms with E-state index in [0.29, 0.717) is 10.5 Å². The molecule has 0 atom stereocenters. The monoisotopic (exact) mass is 335 g/mol. The van der Waals surface area contributed by atoms with E-state index in [2.05, 4.69) is 20.7 Å². The molecule has 17 heavy (non-hydrogen) atoms. The normalized spacial score (nSPS) is 10.8. The van der Waals surface area contributed by atoms with Crippen LogP contribution in [0.4, 0.5) is 0 Å². The van der Waals surface area contributed by atoms with E-state index in [1.54, 1.807) is 12.1 Å². The smallest absolute Gasteiger partial charge is 0.325 e. The highest BCUT2D eigenvalue weighted by Gasteiger charge is 2.13. The van der Waals surface area contributed by atoms with Gasteiger partial charge < -0.3 is 4.74 Å². The molecule has 0 N–H and O–H groups in total. The molecule has 0 saturated heterocycles. The minimum Gasteiger partial charge on any atom is -0.468 e. The van der Waals surface area contributed by atoms with Crippen LogP contribution in [0.25, 0.3) is 10.2 Å². The molecular weight excluding hydrogens is 330 g/mol. The van der Waals surface area contributed by atoms with Gasteiger partial charge in [-0.25, -0.2) is 0 Å². The molecule has 7 heteroatoms. The van der Waals surface area contributed by atoms with E-state index in [9.17, 15) is 9.59 Å². The molecule has 2 rings (SSSR count). The number of benzene rings is 1. The van der Waals surface area contributed by atoms with Crippen LogP contribution in [-0.4, -0.2) is 17.6 Å². The minimum atomic E-state index is -0.467.